The Morgan fingerprint density at radius 3 is 2.50 bits per heavy atom. The number of ether oxygens (including phenoxy) is 1. The number of aromatic nitrogens is 2. The molecule has 30 heavy (non-hydrogen) atoms. The van der Waals surface area contributed by atoms with Gasteiger partial charge in [0.2, 0.25) is 0 Å². The molecule has 0 aliphatic rings. The fraction of sp³-hybridized carbons (Fsp3) is 0.273. The van der Waals surface area contributed by atoms with Crippen molar-refractivity contribution in [3.8, 4) is 0 Å². The number of hydrogen-bond acceptors (Lipinski definition) is 6. The van der Waals surface area contributed by atoms with Crippen molar-refractivity contribution in [2.75, 3.05) is 7.11 Å². The predicted octanol–water partition coefficient (Wildman–Crippen LogP) is 3.79. The summed E-state index contributed by atoms with van der Waals surface area (Å²) < 4.78 is 4.79. The van der Waals surface area contributed by atoms with Gasteiger partial charge in [-0.3, -0.25) is 14.6 Å². The molecule has 1 atom stereocenters. The number of H-pyrrole nitrogens is 1. The van der Waals surface area contributed by atoms with Crippen molar-refractivity contribution in [1.29, 1.82) is 0 Å². The second kappa shape index (κ2) is 9.04. The van der Waals surface area contributed by atoms with E-state index in [1.807, 2.05) is 17.5 Å². The van der Waals surface area contributed by atoms with E-state index in [1.165, 1.54) is 18.4 Å². The quantitative estimate of drug-likeness (QED) is 0.459. The van der Waals surface area contributed by atoms with Crippen LogP contribution < -0.4 is 0 Å². The summed E-state index contributed by atoms with van der Waals surface area (Å²) in [6.45, 7) is 5.40. The molecule has 0 saturated carbocycles. The second-order valence-corrected chi connectivity index (χ2v) is 7.87. The normalized spacial score (nSPS) is 11.7. The fourth-order valence-electron chi connectivity index (χ4n) is 3.39. The lowest BCUT2D eigenvalue weighted by Crippen LogP contribution is -2.42. The number of aromatic amines is 1. The average Bonchev–Trinajstić information content (AvgIpc) is 3.39. The number of nitrogens with zero attached hydrogens (tertiary/aromatic N) is 2. The molecule has 156 valence electrons. The molecule has 0 fully saturated rings. The summed E-state index contributed by atoms with van der Waals surface area (Å²) >= 11 is 1.33. The third kappa shape index (κ3) is 4.18. The smallest absolute Gasteiger partial charge is 0.354 e. The van der Waals surface area contributed by atoms with E-state index < -0.39 is 12.0 Å². The van der Waals surface area contributed by atoms with Gasteiger partial charge in [-0.25, -0.2) is 4.79 Å². The molecule has 0 bridgehead atoms. The number of ketones is 1. The fourth-order valence-corrected chi connectivity index (χ4v) is 4.07. The largest absolute Gasteiger partial charge is 0.464 e. The molecule has 1 unspecified atom stereocenters. The zero-order chi connectivity index (χ0) is 21.8. The van der Waals surface area contributed by atoms with E-state index in [2.05, 4.69) is 9.97 Å². The first-order valence-electron chi connectivity index (χ1n) is 9.40. The van der Waals surface area contributed by atoms with Gasteiger partial charge in [0.15, 0.2) is 5.78 Å². The van der Waals surface area contributed by atoms with Crippen LogP contribution in [0.2, 0.25) is 0 Å². The van der Waals surface area contributed by atoms with Crippen LogP contribution in [0.25, 0.3) is 0 Å². The van der Waals surface area contributed by atoms with Crippen LogP contribution in [0.3, 0.4) is 0 Å². The van der Waals surface area contributed by atoms with E-state index in [9.17, 15) is 14.4 Å². The number of Topliss-reactive ketones (excluding diaryl/α,β-unsaturated/α-hetero) is 1. The van der Waals surface area contributed by atoms with E-state index in [0.717, 1.165) is 5.56 Å². The van der Waals surface area contributed by atoms with Crippen LogP contribution in [-0.4, -0.2) is 45.7 Å². The molecular formula is C22H23N3O4S. The van der Waals surface area contributed by atoms with Gasteiger partial charge in [-0.1, -0.05) is 6.07 Å². The Labute approximate surface area is 178 Å². The van der Waals surface area contributed by atoms with Gasteiger partial charge in [0.1, 0.15) is 5.69 Å². The Hall–Kier alpha value is -3.26. The number of aryl methyl sites for hydroxylation is 1. The van der Waals surface area contributed by atoms with E-state index in [0.29, 0.717) is 21.7 Å². The maximum absolute atomic E-state index is 13.4. The van der Waals surface area contributed by atoms with Crippen LogP contribution in [0.4, 0.5) is 0 Å². The third-order valence-electron chi connectivity index (χ3n) is 5.02. The molecule has 0 aliphatic carbocycles. The van der Waals surface area contributed by atoms with Crippen LogP contribution in [0, 0.1) is 13.8 Å². The maximum atomic E-state index is 13.4. The van der Waals surface area contributed by atoms with Gasteiger partial charge in [-0.05, 0) is 55.5 Å². The number of amides is 1. The van der Waals surface area contributed by atoms with E-state index >= 15 is 0 Å². The molecule has 1 amide bonds. The molecule has 3 rings (SSSR count). The Morgan fingerprint density at radius 1 is 1.20 bits per heavy atom. The molecule has 0 aliphatic heterocycles. The van der Waals surface area contributed by atoms with Crippen LogP contribution in [0.1, 0.15) is 54.3 Å². The van der Waals surface area contributed by atoms with E-state index in [1.54, 1.807) is 50.2 Å². The van der Waals surface area contributed by atoms with Crippen LogP contribution >= 0.6 is 11.3 Å². The molecule has 3 aromatic rings. The Balaban J connectivity index is 1.97. The molecule has 0 saturated heterocycles. The highest BCUT2D eigenvalue weighted by Gasteiger charge is 2.32. The number of carbonyl (C=O) groups is 3. The first kappa shape index (κ1) is 21.4. The summed E-state index contributed by atoms with van der Waals surface area (Å²) in [6.07, 6.45) is 3.30. The zero-order valence-electron chi connectivity index (χ0n) is 17.3. The number of hydrogen-bond donors (Lipinski definition) is 1. The summed E-state index contributed by atoms with van der Waals surface area (Å²) in [5, 5.41) is 1.83. The van der Waals surface area contributed by atoms with Crippen molar-refractivity contribution >= 4 is 29.0 Å². The highest BCUT2D eigenvalue weighted by molar-refractivity contribution is 7.12. The van der Waals surface area contributed by atoms with Crippen molar-refractivity contribution in [3.05, 3.63) is 75.0 Å². The van der Waals surface area contributed by atoms with Gasteiger partial charge >= 0.3 is 5.97 Å². The van der Waals surface area contributed by atoms with Gasteiger partial charge in [0.25, 0.3) is 5.91 Å². The van der Waals surface area contributed by atoms with Gasteiger partial charge in [0.05, 0.1) is 18.0 Å². The molecule has 3 heterocycles. The van der Waals surface area contributed by atoms with Crippen molar-refractivity contribution < 1.29 is 19.1 Å². The van der Waals surface area contributed by atoms with E-state index in [-0.39, 0.29) is 23.9 Å². The first-order valence-corrected chi connectivity index (χ1v) is 10.3. The number of thiophene rings is 1. The summed E-state index contributed by atoms with van der Waals surface area (Å²) in [5.74, 6) is -0.998. The molecule has 3 aromatic heterocycles. The number of rotatable bonds is 7. The van der Waals surface area contributed by atoms with Gasteiger partial charge in [-0.15, -0.1) is 11.3 Å². The lowest BCUT2D eigenvalue weighted by Gasteiger charge is -2.28. The lowest BCUT2D eigenvalue weighted by molar-refractivity contribution is 0.0592. The molecule has 7 nitrogen and oxygen atoms in total. The number of esters is 1. The van der Waals surface area contributed by atoms with Crippen molar-refractivity contribution in [2.45, 2.75) is 33.4 Å². The number of nitrogens with one attached hydrogen (secondary N) is 1. The van der Waals surface area contributed by atoms with Crippen LogP contribution in [0.15, 0.2) is 42.0 Å². The molecule has 0 spiro atoms. The molecular weight excluding hydrogens is 402 g/mol. The monoisotopic (exact) mass is 425 g/mol. The average molecular weight is 426 g/mol. The van der Waals surface area contributed by atoms with Crippen LogP contribution in [0.5, 0.6) is 0 Å². The van der Waals surface area contributed by atoms with Crippen LogP contribution in [-0.2, 0) is 11.3 Å². The Morgan fingerprint density at radius 2 is 1.90 bits per heavy atom. The van der Waals surface area contributed by atoms with Gasteiger partial charge < -0.3 is 14.6 Å². The first-order chi connectivity index (χ1) is 14.3. The predicted molar refractivity (Wildman–Crippen MR) is 114 cm³/mol. The summed E-state index contributed by atoms with van der Waals surface area (Å²) in [5.41, 5.74) is 2.60. The molecule has 8 heteroatoms. The molecule has 0 radical (unpaired) electrons. The Kier molecular flexibility index (Phi) is 6.47. The highest BCUT2D eigenvalue weighted by Crippen LogP contribution is 2.24. The molecule has 0 aromatic carbocycles. The highest BCUT2D eigenvalue weighted by atomic mass is 32.1. The second-order valence-electron chi connectivity index (χ2n) is 6.92. The topological polar surface area (TPSA) is 92.4 Å². The van der Waals surface area contributed by atoms with Crippen molar-refractivity contribution in [2.24, 2.45) is 0 Å². The van der Waals surface area contributed by atoms with Gasteiger partial charge in [-0.2, -0.15) is 0 Å². The van der Waals surface area contributed by atoms with Crippen molar-refractivity contribution in [3.63, 3.8) is 0 Å². The third-order valence-corrected chi connectivity index (χ3v) is 5.87. The summed E-state index contributed by atoms with van der Waals surface area (Å²) in [6, 6.07) is 6.43. The minimum absolute atomic E-state index is 0.221. The minimum atomic E-state index is -0.744. The standard InChI is InChI=1S/C22H23N3O4S/c1-13-18(14(2)24-19(13)22(28)29-4)20(26)15(3)25(12-16-7-9-23-10-8-16)21(27)17-6-5-11-30-17/h5-11,15,24H,12H2,1-4H3. The summed E-state index contributed by atoms with van der Waals surface area (Å²) in [7, 11) is 1.29. The number of carbonyl (C=O) groups excluding carboxylic acids is 3. The maximum Gasteiger partial charge on any atom is 0.354 e. The number of methoxy groups -OCH3 is 1. The van der Waals surface area contributed by atoms with Crippen molar-refractivity contribution in [1.82, 2.24) is 14.9 Å². The zero-order valence-corrected chi connectivity index (χ0v) is 18.1. The lowest BCUT2D eigenvalue weighted by atomic mass is 9.99. The number of pyridine rings is 1. The molecule has 1 N–H and O–H groups in total. The van der Waals surface area contributed by atoms with E-state index in [4.69, 9.17) is 4.74 Å². The summed E-state index contributed by atoms with van der Waals surface area (Å²) in [4.78, 5) is 47.7. The van der Waals surface area contributed by atoms with Gasteiger partial charge in [0, 0.05) is 30.2 Å². The SMILES string of the molecule is COC(=O)c1[nH]c(C)c(C(=O)C(C)N(Cc2ccncc2)C(=O)c2cccs2)c1C. The minimum Gasteiger partial charge on any atom is -0.464 e. The Bertz CT molecular complexity index is 1060.